The smallest absolute Gasteiger partial charge is 0.184 e. The highest BCUT2D eigenvalue weighted by Crippen LogP contribution is 2.32. The Hall–Kier alpha value is -4.42. The molecule has 4 nitrogen and oxygen atoms in total. The molecule has 4 heteroatoms. The van der Waals surface area contributed by atoms with E-state index in [1.165, 1.54) is 0 Å². The summed E-state index contributed by atoms with van der Waals surface area (Å²) in [4.78, 5) is 0. The van der Waals surface area contributed by atoms with Crippen LogP contribution in [-0.4, -0.2) is 26.4 Å². The van der Waals surface area contributed by atoms with Gasteiger partial charge < -0.3 is 18.9 Å². The second kappa shape index (κ2) is 11.0. The molecule has 0 amide bonds. The van der Waals surface area contributed by atoms with E-state index in [-0.39, 0.29) is 12.6 Å². The van der Waals surface area contributed by atoms with Gasteiger partial charge in [-0.15, -0.1) is 0 Å². The molecule has 5 aromatic carbocycles. The topological polar surface area (TPSA) is 36.9 Å². The third-order valence-electron chi connectivity index (χ3n) is 7.20. The van der Waals surface area contributed by atoms with Gasteiger partial charge in [0.25, 0.3) is 0 Å². The lowest BCUT2D eigenvalue weighted by Gasteiger charge is -2.11. The van der Waals surface area contributed by atoms with Crippen molar-refractivity contribution in [3.63, 3.8) is 0 Å². The van der Waals surface area contributed by atoms with E-state index >= 15 is 0 Å². The maximum absolute atomic E-state index is 5.61. The summed E-state index contributed by atoms with van der Waals surface area (Å²) in [5.74, 6) is 13.7. The maximum Gasteiger partial charge on any atom is 0.184 e. The van der Waals surface area contributed by atoms with Crippen LogP contribution in [-0.2, 0) is 18.9 Å². The fourth-order valence-corrected chi connectivity index (χ4v) is 5.22. The molecule has 0 saturated carbocycles. The highest BCUT2D eigenvalue weighted by atomic mass is 16.7. The number of rotatable bonds is 2. The average molecular weight is 523 g/mol. The van der Waals surface area contributed by atoms with Gasteiger partial charge in [-0.25, -0.2) is 0 Å². The second-order valence-corrected chi connectivity index (χ2v) is 9.73. The van der Waals surface area contributed by atoms with Crippen molar-refractivity contribution in [2.75, 3.05) is 26.4 Å². The molecule has 2 fully saturated rings. The van der Waals surface area contributed by atoms with Crippen molar-refractivity contribution >= 4 is 21.5 Å². The van der Waals surface area contributed by atoms with E-state index < -0.39 is 0 Å². The van der Waals surface area contributed by atoms with Gasteiger partial charge in [-0.1, -0.05) is 96.5 Å². The summed E-state index contributed by atoms with van der Waals surface area (Å²) in [7, 11) is 0. The predicted molar refractivity (Wildman–Crippen MR) is 156 cm³/mol. The van der Waals surface area contributed by atoms with Crippen LogP contribution in [0.5, 0.6) is 0 Å². The lowest BCUT2D eigenvalue weighted by Crippen LogP contribution is -1.97. The van der Waals surface area contributed by atoms with Gasteiger partial charge in [0.1, 0.15) is 0 Å². The Kier molecular flexibility index (Phi) is 6.76. The number of fused-ring (bicyclic) bond motifs is 2. The van der Waals surface area contributed by atoms with Crippen LogP contribution in [0.2, 0.25) is 0 Å². The standard InChI is InChI=1S/C36H26O4/c1-2-6-30-29(5-1)33(19-13-25-9-15-27(16-10-25)35-37-21-22-38-35)31-7-3-4-8-32(31)34(30)20-14-26-11-17-28(18-12-26)36-39-23-24-40-36/h1-12,15-18,35-36H,21-24H2. The summed E-state index contributed by atoms with van der Waals surface area (Å²) in [6, 6.07) is 32.9. The van der Waals surface area contributed by atoms with Gasteiger partial charge in [-0.05, 0) is 45.8 Å². The van der Waals surface area contributed by atoms with Crippen LogP contribution in [0, 0.1) is 23.7 Å². The predicted octanol–water partition coefficient (Wildman–Crippen LogP) is 6.88. The first-order chi connectivity index (χ1) is 19.8. The van der Waals surface area contributed by atoms with Crippen LogP contribution in [0.25, 0.3) is 21.5 Å². The Morgan fingerprint density at radius 2 is 0.725 bits per heavy atom. The molecular weight excluding hydrogens is 496 g/mol. The van der Waals surface area contributed by atoms with Crippen molar-refractivity contribution < 1.29 is 18.9 Å². The van der Waals surface area contributed by atoms with Gasteiger partial charge in [-0.2, -0.15) is 0 Å². The number of hydrogen-bond donors (Lipinski definition) is 0. The monoisotopic (exact) mass is 522 g/mol. The lowest BCUT2D eigenvalue weighted by atomic mass is 9.92. The molecule has 0 atom stereocenters. The van der Waals surface area contributed by atoms with Crippen LogP contribution in [0.1, 0.15) is 46.0 Å². The first-order valence-corrected chi connectivity index (χ1v) is 13.5. The lowest BCUT2D eigenvalue weighted by molar-refractivity contribution is -0.0443. The van der Waals surface area contributed by atoms with Crippen LogP contribution < -0.4 is 0 Å². The molecule has 2 aliphatic rings. The van der Waals surface area contributed by atoms with Gasteiger partial charge in [0.05, 0.1) is 26.4 Å². The Bertz CT molecular complexity index is 1610. The molecule has 2 saturated heterocycles. The van der Waals surface area contributed by atoms with E-state index in [1.807, 2.05) is 48.5 Å². The second-order valence-electron chi connectivity index (χ2n) is 9.73. The number of benzene rings is 5. The fourth-order valence-electron chi connectivity index (χ4n) is 5.22. The largest absolute Gasteiger partial charge is 0.346 e. The SMILES string of the molecule is C(#Cc1c2ccccc2c(C#Cc2ccc(C3OCCO3)cc2)c2ccccc12)c1ccc(C2OCCO2)cc1. The molecule has 5 aromatic rings. The average Bonchev–Trinajstić information content (AvgIpc) is 3.75. The molecule has 0 aliphatic carbocycles. The molecule has 0 N–H and O–H groups in total. The van der Waals surface area contributed by atoms with Gasteiger partial charge in [0.15, 0.2) is 12.6 Å². The summed E-state index contributed by atoms with van der Waals surface area (Å²) >= 11 is 0. The van der Waals surface area contributed by atoms with E-state index in [9.17, 15) is 0 Å². The Morgan fingerprint density at radius 1 is 0.400 bits per heavy atom. The Labute approximate surface area is 233 Å². The van der Waals surface area contributed by atoms with Crippen LogP contribution >= 0.6 is 0 Å². The minimum absolute atomic E-state index is 0.281. The summed E-state index contributed by atoms with van der Waals surface area (Å²) in [5, 5.41) is 4.36. The molecule has 0 bridgehead atoms. The van der Waals surface area contributed by atoms with E-state index in [2.05, 4.69) is 72.2 Å². The molecule has 194 valence electrons. The zero-order valence-corrected chi connectivity index (χ0v) is 21.9. The van der Waals surface area contributed by atoms with E-state index in [1.54, 1.807) is 0 Å². The number of ether oxygens (including phenoxy) is 4. The molecule has 0 spiro atoms. The van der Waals surface area contributed by atoms with Crippen molar-refractivity contribution in [3.8, 4) is 23.7 Å². The van der Waals surface area contributed by atoms with Gasteiger partial charge in [-0.3, -0.25) is 0 Å². The molecule has 0 radical (unpaired) electrons. The molecule has 0 unspecified atom stereocenters. The summed E-state index contributed by atoms with van der Waals surface area (Å²) in [6.07, 6.45) is -0.561. The summed E-state index contributed by atoms with van der Waals surface area (Å²) in [6.45, 7) is 2.52. The highest BCUT2D eigenvalue weighted by Gasteiger charge is 2.18. The Morgan fingerprint density at radius 3 is 1.05 bits per heavy atom. The molecule has 0 aromatic heterocycles. The van der Waals surface area contributed by atoms with Crippen LogP contribution in [0.3, 0.4) is 0 Å². The van der Waals surface area contributed by atoms with E-state index in [0.717, 1.165) is 54.9 Å². The first-order valence-electron chi connectivity index (χ1n) is 13.5. The van der Waals surface area contributed by atoms with Crippen molar-refractivity contribution in [2.45, 2.75) is 12.6 Å². The molecule has 40 heavy (non-hydrogen) atoms. The zero-order valence-electron chi connectivity index (χ0n) is 21.9. The number of hydrogen-bond acceptors (Lipinski definition) is 4. The van der Waals surface area contributed by atoms with Crippen molar-refractivity contribution in [1.82, 2.24) is 0 Å². The van der Waals surface area contributed by atoms with Crippen LogP contribution in [0.15, 0.2) is 97.1 Å². The van der Waals surface area contributed by atoms with Gasteiger partial charge in [0, 0.05) is 33.4 Å². The van der Waals surface area contributed by atoms with Crippen LogP contribution in [0.4, 0.5) is 0 Å². The molecule has 7 rings (SSSR count). The zero-order chi connectivity index (χ0) is 26.7. The summed E-state index contributed by atoms with van der Waals surface area (Å²) in [5.41, 5.74) is 5.91. The quantitative estimate of drug-likeness (QED) is 0.187. The molecule has 2 heterocycles. The third-order valence-corrected chi connectivity index (χ3v) is 7.20. The van der Waals surface area contributed by atoms with E-state index in [0.29, 0.717) is 26.4 Å². The van der Waals surface area contributed by atoms with Crippen molar-refractivity contribution in [2.24, 2.45) is 0 Å². The van der Waals surface area contributed by atoms with Gasteiger partial charge >= 0.3 is 0 Å². The summed E-state index contributed by atoms with van der Waals surface area (Å²) < 4.78 is 22.4. The van der Waals surface area contributed by atoms with E-state index in [4.69, 9.17) is 18.9 Å². The van der Waals surface area contributed by atoms with Crippen molar-refractivity contribution in [3.05, 3.63) is 130 Å². The van der Waals surface area contributed by atoms with Crippen molar-refractivity contribution in [1.29, 1.82) is 0 Å². The first kappa shape index (κ1) is 24.6. The molecular formula is C36H26O4. The molecule has 2 aliphatic heterocycles. The third kappa shape index (κ3) is 4.87. The minimum atomic E-state index is -0.281. The fraction of sp³-hybridized carbons (Fsp3) is 0.167. The van der Waals surface area contributed by atoms with Gasteiger partial charge in [0.2, 0.25) is 0 Å². The highest BCUT2D eigenvalue weighted by molar-refractivity contribution is 6.09. The Balaban J connectivity index is 1.27. The minimum Gasteiger partial charge on any atom is -0.346 e. The normalized spacial score (nSPS) is 15.6. The maximum atomic E-state index is 5.61.